The quantitative estimate of drug-likeness (QED) is 0.427. The van der Waals surface area contributed by atoms with Crippen LogP contribution in [0, 0.1) is 0 Å². The molecule has 0 unspecified atom stereocenters. The van der Waals surface area contributed by atoms with Crippen LogP contribution in [0.25, 0.3) is 0 Å². The lowest BCUT2D eigenvalue weighted by Gasteiger charge is -1.99. The van der Waals surface area contributed by atoms with Crippen molar-refractivity contribution in [2.75, 3.05) is 0 Å². The minimum absolute atomic E-state index is 0.644. The molecule has 0 aliphatic carbocycles. The topological polar surface area (TPSA) is 17.1 Å². The van der Waals surface area contributed by atoms with E-state index in [9.17, 15) is 4.79 Å². The van der Waals surface area contributed by atoms with E-state index in [-0.39, 0.29) is 0 Å². The molecule has 0 rings (SSSR count). The number of aldehydes is 1. The maximum atomic E-state index is 10.2. The van der Waals surface area contributed by atoms with E-state index in [0.717, 1.165) is 32.0 Å². The van der Waals surface area contributed by atoms with Gasteiger partial charge in [0.05, 0.1) is 0 Å². The van der Waals surface area contributed by atoms with Gasteiger partial charge < -0.3 is 4.79 Å². The van der Waals surface area contributed by atoms with Crippen molar-refractivity contribution in [3.05, 3.63) is 34.9 Å². The average molecular weight is 234 g/mol. The molecule has 0 aliphatic heterocycles. The Morgan fingerprint density at radius 1 is 0.824 bits per heavy atom. The van der Waals surface area contributed by atoms with Gasteiger partial charge in [-0.1, -0.05) is 34.9 Å². The van der Waals surface area contributed by atoms with Crippen molar-refractivity contribution in [1.29, 1.82) is 0 Å². The molecule has 0 fully saturated rings. The third-order valence-corrected chi connectivity index (χ3v) is 2.68. The SMILES string of the molecule is CC(C)=CCCC(C)=CCC=C(C)CCC=O. The van der Waals surface area contributed by atoms with Crippen LogP contribution in [-0.4, -0.2) is 6.29 Å². The van der Waals surface area contributed by atoms with Crippen LogP contribution in [0.5, 0.6) is 0 Å². The minimum Gasteiger partial charge on any atom is -0.303 e. The monoisotopic (exact) mass is 234 g/mol. The summed E-state index contributed by atoms with van der Waals surface area (Å²) >= 11 is 0. The molecule has 17 heavy (non-hydrogen) atoms. The normalized spacial score (nSPS) is 12.5. The Kier molecular flexibility index (Phi) is 9.41. The highest BCUT2D eigenvalue weighted by Gasteiger charge is 1.90. The van der Waals surface area contributed by atoms with Crippen LogP contribution < -0.4 is 0 Å². The Balaban J connectivity index is 3.90. The maximum absolute atomic E-state index is 10.2. The molecule has 0 spiro atoms. The number of carbonyl (C=O) groups is 1. The van der Waals surface area contributed by atoms with Gasteiger partial charge in [0, 0.05) is 6.42 Å². The molecule has 0 bridgehead atoms. The van der Waals surface area contributed by atoms with E-state index >= 15 is 0 Å². The maximum Gasteiger partial charge on any atom is 0.120 e. The highest BCUT2D eigenvalue weighted by atomic mass is 16.1. The highest BCUT2D eigenvalue weighted by Crippen LogP contribution is 2.09. The molecule has 0 saturated carbocycles. The zero-order valence-electron chi connectivity index (χ0n) is 11.8. The second-order valence-corrected chi connectivity index (χ2v) is 4.86. The Hall–Kier alpha value is -1.11. The summed E-state index contributed by atoms with van der Waals surface area (Å²) in [6.07, 6.45) is 12.6. The van der Waals surface area contributed by atoms with E-state index < -0.39 is 0 Å². The van der Waals surface area contributed by atoms with Crippen molar-refractivity contribution in [1.82, 2.24) is 0 Å². The van der Waals surface area contributed by atoms with E-state index in [0.29, 0.717) is 6.42 Å². The molecule has 0 heterocycles. The van der Waals surface area contributed by atoms with Gasteiger partial charge in [0.15, 0.2) is 0 Å². The van der Waals surface area contributed by atoms with E-state index in [2.05, 4.69) is 45.9 Å². The molecule has 0 aromatic carbocycles. The van der Waals surface area contributed by atoms with Gasteiger partial charge in [-0.25, -0.2) is 0 Å². The van der Waals surface area contributed by atoms with Gasteiger partial charge in [0.25, 0.3) is 0 Å². The third-order valence-electron chi connectivity index (χ3n) is 2.68. The first-order valence-corrected chi connectivity index (χ1v) is 6.44. The molecular weight excluding hydrogens is 208 g/mol. The van der Waals surface area contributed by atoms with Gasteiger partial charge in [-0.2, -0.15) is 0 Å². The number of hydrogen-bond acceptors (Lipinski definition) is 1. The molecule has 0 saturated heterocycles. The first-order valence-electron chi connectivity index (χ1n) is 6.44. The highest BCUT2D eigenvalue weighted by molar-refractivity contribution is 5.49. The van der Waals surface area contributed by atoms with Gasteiger partial charge in [0.1, 0.15) is 6.29 Å². The molecule has 1 nitrogen and oxygen atoms in total. The van der Waals surface area contributed by atoms with Gasteiger partial charge in [-0.05, 0) is 53.4 Å². The van der Waals surface area contributed by atoms with Crippen molar-refractivity contribution in [3.8, 4) is 0 Å². The molecule has 0 N–H and O–H groups in total. The molecule has 0 radical (unpaired) electrons. The lowest BCUT2D eigenvalue weighted by molar-refractivity contribution is -0.107. The summed E-state index contributed by atoms with van der Waals surface area (Å²) < 4.78 is 0. The summed E-state index contributed by atoms with van der Waals surface area (Å²) in [7, 11) is 0. The minimum atomic E-state index is 0.644. The van der Waals surface area contributed by atoms with E-state index in [1.165, 1.54) is 16.7 Å². The predicted molar refractivity (Wildman–Crippen MR) is 76.1 cm³/mol. The smallest absolute Gasteiger partial charge is 0.120 e. The van der Waals surface area contributed by atoms with Crippen molar-refractivity contribution in [3.63, 3.8) is 0 Å². The van der Waals surface area contributed by atoms with Crippen molar-refractivity contribution < 1.29 is 4.79 Å². The van der Waals surface area contributed by atoms with Crippen molar-refractivity contribution in [2.24, 2.45) is 0 Å². The second kappa shape index (κ2) is 10.1. The van der Waals surface area contributed by atoms with Gasteiger partial charge in [-0.15, -0.1) is 0 Å². The predicted octanol–water partition coefficient (Wildman–Crippen LogP) is 4.99. The first-order chi connectivity index (χ1) is 8.06. The molecular formula is C16H26O. The summed E-state index contributed by atoms with van der Waals surface area (Å²) in [5.41, 5.74) is 4.15. The molecule has 0 atom stereocenters. The summed E-state index contributed by atoms with van der Waals surface area (Å²) in [5, 5.41) is 0. The van der Waals surface area contributed by atoms with Crippen LogP contribution in [-0.2, 0) is 4.79 Å². The van der Waals surface area contributed by atoms with Crippen molar-refractivity contribution >= 4 is 6.29 Å². The molecule has 96 valence electrons. The van der Waals surface area contributed by atoms with E-state index in [4.69, 9.17) is 0 Å². The largest absolute Gasteiger partial charge is 0.303 e. The van der Waals surface area contributed by atoms with Crippen LogP contribution >= 0.6 is 0 Å². The van der Waals surface area contributed by atoms with Crippen molar-refractivity contribution in [2.45, 2.75) is 59.8 Å². The van der Waals surface area contributed by atoms with Crippen LogP contribution in [0.1, 0.15) is 59.8 Å². The molecule has 0 aliphatic rings. The standard InChI is InChI=1S/C16H26O/c1-14(2)8-5-9-15(3)10-6-11-16(4)12-7-13-17/h8,10-11,13H,5-7,9,12H2,1-4H3. The number of rotatable bonds is 8. The summed E-state index contributed by atoms with van der Waals surface area (Å²) in [4.78, 5) is 10.2. The number of carbonyl (C=O) groups excluding carboxylic acids is 1. The van der Waals surface area contributed by atoms with Gasteiger partial charge >= 0.3 is 0 Å². The summed E-state index contributed by atoms with van der Waals surface area (Å²) in [5.74, 6) is 0. The second-order valence-electron chi connectivity index (χ2n) is 4.86. The Bertz CT molecular complexity index is 301. The third kappa shape index (κ3) is 11.2. The average Bonchev–Trinajstić information content (AvgIpc) is 2.25. The van der Waals surface area contributed by atoms with E-state index in [1.807, 2.05) is 0 Å². The van der Waals surface area contributed by atoms with Crippen LogP contribution in [0.15, 0.2) is 34.9 Å². The summed E-state index contributed by atoms with van der Waals surface area (Å²) in [6, 6.07) is 0. The Morgan fingerprint density at radius 2 is 1.35 bits per heavy atom. The van der Waals surface area contributed by atoms with E-state index in [1.54, 1.807) is 0 Å². The number of hydrogen-bond donors (Lipinski definition) is 0. The zero-order valence-corrected chi connectivity index (χ0v) is 11.8. The molecule has 0 amide bonds. The number of allylic oxidation sites excluding steroid dienone is 6. The Labute approximate surface area is 106 Å². The van der Waals surface area contributed by atoms with Crippen LogP contribution in [0.3, 0.4) is 0 Å². The molecule has 0 aromatic heterocycles. The fourth-order valence-electron chi connectivity index (χ4n) is 1.54. The first kappa shape index (κ1) is 15.9. The fraction of sp³-hybridized carbons (Fsp3) is 0.562. The molecule has 1 heteroatoms. The summed E-state index contributed by atoms with van der Waals surface area (Å²) in [6.45, 7) is 8.56. The lowest BCUT2D eigenvalue weighted by Crippen LogP contribution is -1.80. The van der Waals surface area contributed by atoms with Crippen LogP contribution in [0.2, 0.25) is 0 Å². The van der Waals surface area contributed by atoms with Gasteiger partial charge in [-0.3, -0.25) is 0 Å². The fourth-order valence-corrected chi connectivity index (χ4v) is 1.54. The lowest BCUT2D eigenvalue weighted by atomic mass is 10.1. The van der Waals surface area contributed by atoms with Gasteiger partial charge in [0.2, 0.25) is 0 Å². The molecule has 0 aromatic rings. The zero-order chi connectivity index (χ0) is 13.1. The van der Waals surface area contributed by atoms with Crippen LogP contribution in [0.4, 0.5) is 0 Å². The Morgan fingerprint density at radius 3 is 1.82 bits per heavy atom.